The minimum Gasteiger partial charge on any atom is -0.493 e. The van der Waals surface area contributed by atoms with Gasteiger partial charge < -0.3 is 20.1 Å². The van der Waals surface area contributed by atoms with Crippen LogP contribution in [-0.4, -0.2) is 36.6 Å². The van der Waals surface area contributed by atoms with E-state index in [-0.39, 0.29) is 11.6 Å². The number of carbonyl (C=O) groups is 1. The predicted molar refractivity (Wildman–Crippen MR) is 113 cm³/mol. The molecule has 0 aliphatic carbocycles. The second-order valence-corrected chi connectivity index (χ2v) is 6.02. The highest BCUT2D eigenvalue weighted by atomic mass is 16.5. The smallest absolute Gasteiger partial charge is 0.270 e. The molecule has 0 radical (unpaired) electrons. The fraction of sp³-hybridized carbons (Fsp3) is 0.136. The Morgan fingerprint density at radius 1 is 1.03 bits per heavy atom. The number of amides is 1. The Bertz CT molecular complexity index is 1010. The molecule has 2 aromatic carbocycles. The van der Waals surface area contributed by atoms with Gasteiger partial charge in [0.2, 0.25) is 0 Å². The Morgan fingerprint density at radius 3 is 2.48 bits per heavy atom. The molecule has 1 heterocycles. The molecule has 3 aromatic rings. The summed E-state index contributed by atoms with van der Waals surface area (Å²) in [6, 6.07) is 16.5. The third kappa shape index (κ3) is 4.90. The first-order valence-electron chi connectivity index (χ1n) is 8.97. The molecule has 0 saturated heterocycles. The summed E-state index contributed by atoms with van der Waals surface area (Å²) >= 11 is 0. The Morgan fingerprint density at radius 2 is 1.79 bits per heavy atom. The molecule has 0 bridgehead atoms. The number of nitrogens with one attached hydrogen (secondary N) is 2. The lowest BCUT2D eigenvalue weighted by atomic mass is 10.2. The maximum absolute atomic E-state index is 12.5. The Hall–Kier alpha value is -3.87. The van der Waals surface area contributed by atoms with Gasteiger partial charge in [-0.3, -0.25) is 4.79 Å². The maximum atomic E-state index is 12.5. The van der Waals surface area contributed by atoms with E-state index in [0.717, 1.165) is 11.3 Å². The molecule has 0 aliphatic rings. The topological polar surface area (TPSA) is 85.4 Å². The van der Waals surface area contributed by atoms with E-state index in [1.807, 2.05) is 36.4 Å². The van der Waals surface area contributed by atoms with Crippen molar-refractivity contribution in [1.82, 2.24) is 15.3 Å². The van der Waals surface area contributed by atoms with Crippen molar-refractivity contribution < 1.29 is 14.3 Å². The van der Waals surface area contributed by atoms with E-state index < -0.39 is 0 Å². The molecule has 0 fully saturated rings. The number of benzene rings is 2. The highest BCUT2D eigenvalue weighted by Crippen LogP contribution is 2.31. The minimum atomic E-state index is -0.306. The first kappa shape index (κ1) is 19.9. The van der Waals surface area contributed by atoms with Gasteiger partial charge in [-0.05, 0) is 12.1 Å². The lowest BCUT2D eigenvalue weighted by Gasteiger charge is -2.12. The van der Waals surface area contributed by atoms with Crippen molar-refractivity contribution in [3.05, 3.63) is 72.9 Å². The summed E-state index contributed by atoms with van der Waals surface area (Å²) in [5, 5.41) is 5.94. The van der Waals surface area contributed by atoms with Crippen molar-refractivity contribution in [3.63, 3.8) is 0 Å². The molecule has 0 aliphatic heterocycles. The molecule has 1 amide bonds. The summed E-state index contributed by atoms with van der Waals surface area (Å²) in [4.78, 5) is 21.4. The molecule has 2 N–H and O–H groups in total. The number of ether oxygens (including phenoxy) is 2. The van der Waals surface area contributed by atoms with Crippen LogP contribution in [0.4, 0.5) is 11.5 Å². The number of carbonyl (C=O) groups excluding carboxylic acids is 1. The van der Waals surface area contributed by atoms with Gasteiger partial charge in [0.05, 0.1) is 14.2 Å². The van der Waals surface area contributed by atoms with Gasteiger partial charge in [0, 0.05) is 29.9 Å². The zero-order valence-electron chi connectivity index (χ0n) is 16.3. The third-order valence-corrected chi connectivity index (χ3v) is 4.05. The van der Waals surface area contributed by atoms with Crippen LogP contribution < -0.4 is 20.1 Å². The lowest BCUT2D eigenvalue weighted by Crippen LogP contribution is -2.24. The van der Waals surface area contributed by atoms with Crippen LogP contribution in [0, 0.1) is 0 Å². The Labute approximate surface area is 169 Å². The van der Waals surface area contributed by atoms with Crippen molar-refractivity contribution in [2.24, 2.45) is 0 Å². The fourth-order valence-corrected chi connectivity index (χ4v) is 2.66. The molecular weight excluding hydrogens is 368 g/mol. The van der Waals surface area contributed by atoms with Gasteiger partial charge in [0.1, 0.15) is 11.5 Å². The van der Waals surface area contributed by atoms with E-state index in [1.165, 1.54) is 0 Å². The summed E-state index contributed by atoms with van der Waals surface area (Å²) in [5.41, 5.74) is 1.79. The van der Waals surface area contributed by atoms with Crippen molar-refractivity contribution in [3.8, 4) is 22.9 Å². The molecule has 1 aromatic heterocycles. The van der Waals surface area contributed by atoms with Crippen molar-refractivity contribution in [2.45, 2.75) is 0 Å². The van der Waals surface area contributed by atoms with Crippen LogP contribution in [-0.2, 0) is 0 Å². The highest BCUT2D eigenvalue weighted by molar-refractivity contribution is 5.93. The summed E-state index contributed by atoms with van der Waals surface area (Å²) < 4.78 is 10.6. The largest absolute Gasteiger partial charge is 0.493 e. The number of nitrogens with zero attached hydrogens (tertiary/aromatic N) is 2. The first-order chi connectivity index (χ1) is 14.1. The average Bonchev–Trinajstić information content (AvgIpc) is 2.77. The predicted octanol–water partition coefficient (Wildman–Crippen LogP) is 3.82. The van der Waals surface area contributed by atoms with Gasteiger partial charge in [-0.1, -0.05) is 36.4 Å². The summed E-state index contributed by atoms with van der Waals surface area (Å²) in [7, 11) is 3.15. The summed E-state index contributed by atoms with van der Waals surface area (Å²) in [6.45, 7) is 3.96. The molecule has 0 unspecified atom stereocenters. The number of aromatic nitrogens is 2. The number of anilines is 2. The van der Waals surface area contributed by atoms with Crippen LogP contribution in [0.3, 0.4) is 0 Å². The molecule has 0 atom stereocenters. The zero-order chi connectivity index (χ0) is 20.6. The van der Waals surface area contributed by atoms with Crippen LogP contribution in [0.25, 0.3) is 11.4 Å². The van der Waals surface area contributed by atoms with E-state index in [4.69, 9.17) is 9.47 Å². The van der Waals surface area contributed by atoms with E-state index >= 15 is 0 Å². The highest BCUT2D eigenvalue weighted by Gasteiger charge is 2.13. The monoisotopic (exact) mass is 390 g/mol. The van der Waals surface area contributed by atoms with Gasteiger partial charge in [-0.25, -0.2) is 9.97 Å². The van der Waals surface area contributed by atoms with Gasteiger partial charge in [-0.2, -0.15) is 0 Å². The fourth-order valence-electron chi connectivity index (χ4n) is 2.66. The van der Waals surface area contributed by atoms with Crippen LogP contribution in [0.2, 0.25) is 0 Å². The molecule has 7 nitrogen and oxygen atoms in total. The molecule has 0 saturated carbocycles. The Balaban J connectivity index is 1.98. The van der Waals surface area contributed by atoms with Crippen LogP contribution >= 0.6 is 0 Å². The van der Waals surface area contributed by atoms with E-state index in [0.29, 0.717) is 29.7 Å². The average molecular weight is 390 g/mol. The molecule has 148 valence electrons. The lowest BCUT2D eigenvalue weighted by molar-refractivity contribution is 0.0953. The van der Waals surface area contributed by atoms with Crippen LogP contribution in [0.15, 0.2) is 67.3 Å². The zero-order valence-corrected chi connectivity index (χ0v) is 16.3. The first-order valence-corrected chi connectivity index (χ1v) is 8.97. The summed E-state index contributed by atoms with van der Waals surface area (Å²) in [5.74, 6) is 1.82. The van der Waals surface area contributed by atoms with Gasteiger partial charge >= 0.3 is 0 Å². The minimum absolute atomic E-state index is 0.253. The number of methoxy groups -OCH3 is 2. The van der Waals surface area contributed by atoms with Crippen LogP contribution in [0.1, 0.15) is 10.5 Å². The van der Waals surface area contributed by atoms with Crippen molar-refractivity contribution in [1.29, 1.82) is 0 Å². The van der Waals surface area contributed by atoms with Crippen molar-refractivity contribution in [2.75, 3.05) is 26.1 Å². The number of rotatable bonds is 8. The molecular formula is C22H22N4O3. The summed E-state index contributed by atoms with van der Waals surface area (Å²) in [6.07, 6.45) is 1.61. The Kier molecular flexibility index (Phi) is 6.42. The third-order valence-electron chi connectivity index (χ3n) is 4.05. The van der Waals surface area contributed by atoms with E-state index in [1.54, 1.807) is 38.5 Å². The van der Waals surface area contributed by atoms with Crippen LogP contribution in [0.5, 0.6) is 11.5 Å². The number of hydrogen-bond donors (Lipinski definition) is 2. The maximum Gasteiger partial charge on any atom is 0.270 e. The molecule has 29 heavy (non-hydrogen) atoms. The standard InChI is InChI=1S/C22H22N4O3/c1-4-12-23-22(27)17-14-20(26-21(25-17)15-8-6-5-7-9-15)24-16-10-11-18(28-2)19(13-16)29-3/h4-11,13-14H,1,12H2,2-3H3,(H,23,27)(H,24,25,26). The van der Waals surface area contributed by atoms with Gasteiger partial charge in [0.25, 0.3) is 5.91 Å². The number of hydrogen-bond acceptors (Lipinski definition) is 6. The second kappa shape index (κ2) is 9.36. The second-order valence-electron chi connectivity index (χ2n) is 6.02. The van der Waals surface area contributed by atoms with Gasteiger partial charge in [0.15, 0.2) is 17.3 Å². The molecule has 0 spiro atoms. The van der Waals surface area contributed by atoms with Gasteiger partial charge in [-0.15, -0.1) is 6.58 Å². The SMILES string of the molecule is C=CCNC(=O)c1cc(Nc2ccc(OC)c(OC)c2)nc(-c2ccccc2)n1. The van der Waals surface area contributed by atoms with E-state index in [9.17, 15) is 4.79 Å². The quantitative estimate of drug-likeness (QED) is 0.569. The molecule has 3 rings (SSSR count). The van der Waals surface area contributed by atoms with Crippen molar-refractivity contribution >= 4 is 17.4 Å². The van der Waals surface area contributed by atoms with E-state index in [2.05, 4.69) is 27.2 Å². The molecule has 7 heteroatoms. The normalized spacial score (nSPS) is 10.1.